The lowest BCUT2D eigenvalue weighted by Gasteiger charge is -2.14. The van der Waals surface area contributed by atoms with Crippen molar-refractivity contribution in [1.29, 1.82) is 0 Å². The van der Waals surface area contributed by atoms with Crippen molar-refractivity contribution in [2.24, 2.45) is 7.05 Å². The summed E-state index contributed by atoms with van der Waals surface area (Å²) in [4.78, 5) is 24.0. The van der Waals surface area contributed by atoms with E-state index in [0.717, 1.165) is 11.3 Å². The number of rotatable bonds is 6. The Balaban J connectivity index is 1.85. The van der Waals surface area contributed by atoms with Crippen LogP contribution in [0.4, 0.5) is 5.69 Å². The minimum absolute atomic E-state index is 0.381. The molecule has 0 saturated carbocycles. The Hall–Kier alpha value is -2.83. The molecule has 2 rings (SSSR count). The van der Waals surface area contributed by atoms with Crippen molar-refractivity contribution < 1.29 is 19.1 Å². The van der Waals surface area contributed by atoms with Gasteiger partial charge in [0.05, 0.1) is 17.1 Å². The summed E-state index contributed by atoms with van der Waals surface area (Å²) in [5.41, 5.74) is 3.19. The Bertz CT molecular complexity index is 783. The van der Waals surface area contributed by atoms with Crippen LogP contribution in [0.5, 0.6) is 5.75 Å². The van der Waals surface area contributed by atoms with E-state index in [1.807, 2.05) is 32.0 Å². The van der Waals surface area contributed by atoms with E-state index in [9.17, 15) is 9.59 Å². The number of aryl methyl sites for hydroxylation is 3. The number of benzene rings is 1. The molecule has 0 spiro atoms. The van der Waals surface area contributed by atoms with Crippen molar-refractivity contribution in [3.05, 3.63) is 41.2 Å². The molecule has 0 aliphatic heterocycles. The van der Waals surface area contributed by atoms with Crippen LogP contribution in [-0.2, 0) is 21.4 Å². The Morgan fingerprint density at radius 1 is 1.28 bits per heavy atom. The summed E-state index contributed by atoms with van der Waals surface area (Å²) in [6.45, 7) is 6.78. The lowest BCUT2D eigenvalue weighted by atomic mass is 10.2. The van der Waals surface area contributed by atoms with Crippen LogP contribution in [0.2, 0.25) is 0 Å². The molecule has 25 heavy (non-hydrogen) atoms. The number of esters is 1. The number of aromatic nitrogens is 2. The molecule has 134 valence electrons. The van der Waals surface area contributed by atoms with Gasteiger partial charge in [-0.05, 0) is 45.4 Å². The Kier molecular flexibility index (Phi) is 5.80. The highest BCUT2D eigenvalue weighted by molar-refractivity contribution is 5.94. The molecular formula is C18H23N3O4. The van der Waals surface area contributed by atoms with E-state index in [2.05, 4.69) is 10.4 Å². The van der Waals surface area contributed by atoms with Crippen LogP contribution in [0.15, 0.2) is 24.3 Å². The molecule has 1 aromatic heterocycles. The van der Waals surface area contributed by atoms with Gasteiger partial charge in [-0.15, -0.1) is 0 Å². The van der Waals surface area contributed by atoms with Gasteiger partial charge in [-0.25, -0.2) is 4.79 Å². The normalized spacial score (nSPS) is 11.7. The van der Waals surface area contributed by atoms with Crippen molar-refractivity contribution in [3.63, 3.8) is 0 Å². The van der Waals surface area contributed by atoms with Crippen LogP contribution in [-0.4, -0.2) is 34.4 Å². The molecule has 1 amide bonds. The lowest BCUT2D eigenvalue weighted by Crippen LogP contribution is -2.30. The van der Waals surface area contributed by atoms with Crippen LogP contribution in [0.25, 0.3) is 0 Å². The molecular weight excluding hydrogens is 322 g/mol. The fourth-order valence-corrected chi connectivity index (χ4v) is 2.32. The smallest absolute Gasteiger partial charge is 0.347 e. The Morgan fingerprint density at radius 2 is 2.00 bits per heavy atom. The van der Waals surface area contributed by atoms with E-state index < -0.39 is 18.0 Å². The number of nitrogens with one attached hydrogen (secondary N) is 1. The largest absolute Gasteiger partial charge is 0.479 e. The molecule has 7 nitrogen and oxygen atoms in total. The van der Waals surface area contributed by atoms with E-state index >= 15 is 0 Å². The number of amides is 1. The zero-order chi connectivity index (χ0) is 18.6. The zero-order valence-corrected chi connectivity index (χ0v) is 15.1. The Morgan fingerprint density at radius 3 is 2.60 bits per heavy atom. The quantitative estimate of drug-likeness (QED) is 0.812. The molecule has 0 radical (unpaired) electrons. The first-order valence-electron chi connectivity index (χ1n) is 7.98. The maximum Gasteiger partial charge on any atom is 0.347 e. The molecule has 0 aliphatic rings. The number of hydrogen-bond acceptors (Lipinski definition) is 5. The van der Waals surface area contributed by atoms with Crippen molar-refractivity contribution in [3.8, 4) is 5.75 Å². The van der Waals surface area contributed by atoms with Crippen LogP contribution < -0.4 is 10.1 Å². The minimum atomic E-state index is -0.809. The number of carbonyl (C=O) groups excluding carboxylic acids is 2. The second kappa shape index (κ2) is 7.83. The molecule has 0 fully saturated rings. The van der Waals surface area contributed by atoms with E-state index in [1.165, 1.54) is 0 Å². The third kappa shape index (κ3) is 4.82. The molecule has 0 saturated heterocycles. The number of anilines is 1. The summed E-state index contributed by atoms with van der Waals surface area (Å²) >= 11 is 0. The molecule has 0 unspecified atom stereocenters. The van der Waals surface area contributed by atoms with Crippen LogP contribution in [0, 0.1) is 20.8 Å². The van der Waals surface area contributed by atoms with Crippen molar-refractivity contribution in [1.82, 2.24) is 9.78 Å². The maximum absolute atomic E-state index is 12.0. The third-order valence-electron chi connectivity index (χ3n) is 3.75. The predicted molar refractivity (Wildman–Crippen MR) is 93.5 cm³/mol. The van der Waals surface area contributed by atoms with Crippen molar-refractivity contribution >= 4 is 17.6 Å². The van der Waals surface area contributed by atoms with Crippen molar-refractivity contribution in [2.45, 2.75) is 33.8 Å². The first-order valence-corrected chi connectivity index (χ1v) is 7.98. The molecule has 0 bridgehead atoms. The lowest BCUT2D eigenvalue weighted by molar-refractivity contribution is -0.153. The fraction of sp³-hybridized carbons (Fsp3) is 0.389. The van der Waals surface area contributed by atoms with Gasteiger partial charge in [0, 0.05) is 7.05 Å². The molecule has 2 aromatic rings. The first-order chi connectivity index (χ1) is 11.8. The summed E-state index contributed by atoms with van der Waals surface area (Å²) in [6.07, 6.45) is -0.809. The summed E-state index contributed by atoms with van der Waals surface area (Å²) in [5, 5.41) is 6.93. The molecule has 7 heteroatoms. The summed E-state index contributed by atoms with van der Waals surface area (Å²) in [7, 11) is 1.79. The van der Waals surface area contributed by atoms with Gasteiger partial charge in [-0.2, -0.15) is 5.10 Å². The summed E-state index contributed by atoms with van der Waals surface area (Å²) in [5.74, 6) is -0.442. The van der Waals surface area contributed by atoms with Gasteiger partial charge in [0.1, 0.15) is 5.75 Å². The third-order valence-corrected chi connectivity index (χ3v) is 3.75. The average Bonchev–Trinajstić information content (AvgIpc) is 2.79. The van der Waals surface area contributed by atoms with Crippen molar-refractivity contribution in [2.75, 3.05) is 11.9 Å². The highest BCUT2D eigenvalue weighted by Gasteiger charge is 2.19. The van der Waals surface area contributed by atoms with Gasteiger partial charge >= 0.3 is 5.97 Å². The number of ether oxygens (including phenoxy) is 2. The molecule has 1 N–H and O–H groups in total. The summed E-state index contributed by atoms with van der Waals surface area (Å²) in [6, 6.07) is 7.36. The topological polar surface area (TPSA) is 82.4 Å². The van der Waals surface area contributed by atoms with Gasteiger partial charge in [0.2, 0.25) is 0 Å². The van der Waals surface area contributed by atoms with Gasteiger partial charge in [0.15, 0.2) is 12.7 Å². The van der Waals surface area contributed by atoms with Crippen LogP contribution in [0.1, 0.15) is 23.9 Å². The second-order valence-electron chi connectivity index (χ2n) is 5.90. The standard InChI is InChI=1S/C18H23N3O4/c1-11-7-6-8-15(9-11)25-14(4)18(23)24-10-16(22)19-17-12(2)20-21(5)13(17)3/h6-9,14H,10H2,1-5H3,(H,19,22)/t14-/m0/s1. The number of nitrogens with zero attached hydrogens (tertiary/aromatic N) is 2. The van der Waals surface area contributed by atoms with Gasteiger partial charge in [-0.1, -0.05) is 12.1 Å². The minimum Gasteiger partial charge on any atom is -0.479 e. The number of carbonyl (C=O) groups is 2. The van der Waals surface area contributed by atoms with Crippen LogP contribution >= 0.6 is 0 Å². The SMILES string of the molecule is Cc1cccc(O[C@@H](C)C(=O)OCC(=O)Nc2c(C)nn(C)c2C)c1. The van der Waals surface area contributed by atoms with Gasteiger partial charge in [-0.3, -0.25) is 9.48 Å². The number of hydrogen-bond donors (Lipinski definition) is 1. The van der Waals surface area contributed by atoms with E-state index in [-0.39, 0.29) is 6.61 Å². The monoisotopic (exact) mass is 345 g/mol. The highest BCUT2D eigenvalue weighted by atomic mass is 16.6. The molecule has 1 atom stereocenters. The zero-order valence-electron chi connectivity index (χ0n) is 15.1. The highest BCUT2D eigenvalue weighted by Crippen LogP contribution is 2.18. The average molecular weight is 345 g/mol. The van der Waals surface area contributed by atoms with E-state index in [4.69, 9.17) is 9.47 Å². The predicted octanol–water partition coefficient (Wildman–Crippen LogP) is 2.29. The first kappa shape index (κ1) is 18.5. The molecule has 0 aliphatic carbocycles. The second-order valence-corrected chi connectivity index (χ2v) is 5.90. The fourth-order valence-electron chi connectivity index (χ4n) is 2.32. The van der Waals surface area contributed by atoms with E-state index in [0.29, 0.717) is 17.1 Å². The van der Waals surface area contributed by atoms with Gasteiger partial charge in [0.25, 0.3) is 5.91 Å². The Labute approximate surface area is 146 Å². The van der Waals surface area contributed by atoms with Crippen LogP contribution in [0.3, 0.4) is 0 Å². The van der Waals surface area contributed by atoms with Gasteiger partial charge < -0.3 is 14.8 Å². The maximum atomic E-state index is 12.0. The summed E-state index contributed by atoms with van der Waals surface area (Å²) < 4.78 is 12.2. The molecule has 1 aromatic carbocycles. The van der Waals surface area contributed by atoms with E-state index in [1.54, 1.807) is 31.6 Å². The molecule has 1 heterocycles.